The van der Waals surface area contributed by atoms with Gasteiger partial charge in [0.25, 0.3) is 0 Å². The van der Waals surface area contributed by atoms with Gasteiger partial charge in [0.05, 0.1) is 5.69 Å². The highest BCUT2D eigenvalue weighted by Gasteiger charge is 2.20. The molecule has 1 heterocycles. The van der Waals surface area contributed by atoms with Gasteiger partial charge < -0.3 is 4.90 Å². The van der Waals surface area contributed by atoms with Crippen LogP contribution in [0, 0.1) is 0 Å². The largest absolute Gasteiger partial charge is 0.310 e. The number of fused-ring (bicyclic) bond motifs is 7. The maximum Gasteiger partial charge on any atom is 0.0540 e. The highest BCUT2D eigenvalue weighted by molar-refractivity contribution is 7.26. The van der Waals surface area contributed by atoms with Crippen molar-refractivity contribution in [3.63, 3.8) is 0 Å². The third-order valence-corrected chi connectivity index (χ3v) is 12.5. The molecule has 0 aliphatic rings. The standard InChI is InChI=1S/C54H35NS/c1-3-16-42-36(13-1)15-11-22-43(42)37-27-31-40(32-28-37)55(41-33-29-38(30-34-41)45-23-12-24-50-49-21-8-10-26-53(49)56-54(45)50)52-25-9-7-20-48(52)51-35-39-14-2-4-17-44(39)46-18-5-6-19-47(46)51/h1-35H. The van der Waals surface area contributed by atoms with Crippen LogP contribution in [-0.4, -0.2) is 0 Å². The minimum Gasteiger partial charge on any atom is -0.310 e. The van der Waals surface area contributed by atoms with Crippen LogP contribution in [0.15, 0.2) is 212 Å². The Hall–Kier alpha value is -7.00. The Morgan fingerprint density at radius 3 is 1.61 bits per heavy atom. The molecule has 2 heteroatoms. The summed E-state index contributed by atoms with van der Waals surface area (Å²) in [6.45, 7) is 0. The zero-order chi connectivity index (χ0) is 37.0. The van der Waals surface area contributed by atoms with Gasteiger partial charge >= 0.3 is 0 Å². The van der Waals surface area contributed by atoms with Gasteiger partial charge in [-0.15, -0.1) is 11.3 Å². The predicted octanol–water partition coefficient (Wildman–Crippen LogP) is 16.0. The molecule has 1 nitrogen and oxygen atoms in total. The van der Waals surface area contributed by atoms with E-state index in [0.717, 1.165) is 17.1 Å². The summed E-state index contributed by atoms with van der Waals surface area (Å²) >= 11 is 1.88. The van der Waals surface area contributed by atoms with Gasteiger partial charge in [-0.05, 0) is 103 Å². The number of hydrogen-bond donors (Lipinski definition) is 0. The SMILES string of the molecule is c1ccc(N(c2ccc(-c3cccc4ccccc34)cc2)c2ccc(-c3cccc4c3sc3ccccc34)cc2)c(-c2cc3ccccc3c3ccccc23)c1. The van der Waals surface area contributed by atoms with Crippen molar-refractivity contribution in [2.24, 2.45) is 0 Å². The fourth-order valence-corrected chi connectivity index (χ4v) is 9.87. The topological polar surface area (TPSA) is 3.24 Å². The Morgan fingerprint density at radius 2 is 0.821 bits per heavy atom. The molecule has 10 aromatic carbocycles. The van der Waals surface area contributed by atoms with E-state index in [4.69, 9.17) is 0 Å². The molecular formula is C54H35NS. The lowest BCUT2D eigenvalue weighted by molar-refractivity contribution is 1.28. The first kappa shape index (κ1) is 32.4. The predicted molar refractivity (Wildman–Crippen MR) is 243 cm³/mol. The van der Waals surface area contributed by atoms with Crippen molar-refractivity contribution < 1.29 is 0 Å². The molecule has 0 radical (unpaired) electrons. The van der Waals surface area contributed by atoms with E-state index in [1.807, 2.05) is 11.3 Å². The summed E-state index contributed by atoms with van der Waals surface area (Å²) in [4.78, 5) is 2.43. The van der Waals surface area contributed by atoms with E-state index in [-0.39, 0.29) is 0 Å². The first-order valence-electron chi connectivity index (χ1n) is 19.2. The van der Waals surface area contributed by atoms with Crippen LogP contribution < -0.4 is 4.90 Å². The Morgan fingerprint density at radius 1 is 0.304 bits per heavy atom. The molecule has 0 aliphatic carbocycles. The molecule has 11 aromatic rings. The highest BCUT2D eigenvalue weighted by atomic mass is 32.1. The average molecular weight is 730 g/mol. The van der Waals surface area contributed by atoms with Crippen LogP contribution in [0.2, 0.25) is 0 Å². The molecule has 0 saturated heterocycles. The third-order valence-electron chi connectivity index (χ3n) is 11.3. The summed E-state index contributed by atoms with van der Waals surface area (Å²) < 4.78 is 2.65. The molecule has 0 atom stereocenters. The summed E-state index contributed by atoms with van der Waals surface area (Å²) in [6, 6.07) is 77.7. The van der Waals surface area contributed by atoms with E-state index in [1.54, 1.807) is 0 Å². The summed E-state index contributed by atoms with van der Waals surface area (Å²) in [6.07, 6.45) is 0. The van der Waals surface area contributed by atoms with Gasteiger partial charge in [-0.1, -0.05) is 170 Å². The maximum absolute atomic E-state index is 2.43. The van der Waals surface area contributed by atoms with Crippen LogP contribution in [0.25, 0.3) is 85.9 Å². The van der Waals surface area contributed by atoms with Crippen molar-refractivity contribution >= 4 is 80.9 Å². The molecule has 0 spiro atoms. The van der Waals surface area contributed by atoms with Gasteiger partial charge in [-0.25, -0.2) is 0 Å². The minimum atomic E-state index is 1.10. The molecule has 0 fully saturated rings. The molecule has 0 aliphatic heterocycles. The molecule has 11 rings (SSSR count). The molecule has 0 amide bonds. The van der Waals surface area contributed by atoms with Crippen molar-refractivity contribution in [3.8, 4) is 33.4 Å². The van der Waals surface area contributed by atoms with Crippen LogP contribution >= 0.6 is 11.3 Å². The average Bonchev–Trinajstić information content (AvgIpc) is 3.66. The van der Waals surface area contributed by atoms with Gasteiger partial charge in [0, 0.05) is 37.1 Å². The molecule has 0 saturated carbocycles. The van der Waals surface area contributed by atoms with Crippen LogP contribution in [-0.2, 0) is 0 Å². The van der Waals surface area contributed by atoms with Gasteiger partial charge in [-0.3, -0.25) is 0 Å². The van der Waals surface area contributed by atoms with Crippen molar-refractivity contribution in [2.75, 3.05) is 4.90 Å². The van der Waals surface area contributed by atoms with Crippen LogP contribution in [0.5, 0.6) is 0 Å². The number of anilines is 3. The first-order valence-corrected chi connectivity index (χ1v) is 20.0. The smallest absolute Gasteiger partial charge is 0.0540 e. The number of rotatable bonds is 6. The Balaban J connectivity index is 1.09. The molecule has 262 valence electrons. The maximum atomic E-state index is 2.43. The Labute approximate surface area is 330 Å². The number of benzene rings is 10. The molecule has 56 heavy (non-hydrogen) atoms. The second-order valence-electron chi connectivity index (χ2n) is 14.4. The second-order valence-corrected chi connectivity index (χ2v) is 15.5. The zero-order valence-corrected chi connectivity index (χ0v) is 31.4. The summed E-state index contributed by atoms with van der Waals surface area (Å²) in [7, 11) is 0. The molecule has 0 N–H and O–H groups in total. The lowest BCUT2D eigenvalue weighted by Gasteiger charge is -2.28. The van der Waals surface area contributed by atoms with Gasteiger partial charge in [0.15, 0.2) is 0 Å². The van der Waals surface area contributed by atoms with Crippen molar-refractivity contribution in [2.45, 2.75) is 0 Å². The van der Waals surface area contributed by atoms with Gasteiger partial charge in [0.2, 0.25) is 0 Å². The van der Waals surface area contributed by atoms with E-state index in [1.165, 1.54) is 85.9 Å². The first-order chi connectivity index (χ1) is 27.8. The summed E-state index contributed by atoms with van der Waals surface area (Å²) in [5.74, 6) is 0. The summed E-state index contributed by atoms with van der Waals surface area (Å²) in [5, 5.41) is 10.2. The number of hydrogen-bond acceptors (Lipinski definition) is 2. The monoisotopic (exact) mass is 729 g/mol. The fourth-order valence-electron chi connectivity index (χ4n) is 8.63. The molecular weight excluding hydrogens is 695 g/mol. The van der Waals surface area contributed by atoms with E-state index in [9.17, 15) is 0 Å². The molecule has 1 aromatic heterocycles. The number of thiophene rings is 1. The van der Waals surface area contributed by atoms with Gasteiger partial charge in [0.1, 0.15) is 0 Å². The lowest BCUT2D eigenvalue weighted by atomic mass is 9.92. The highest BCUT2D eigenvalue weighted by Crippen LogP contribution is 2.46. The van der Waals surface area contributed by atoms with Crippen molar-refractivity contribution in [1.82, 2.24) is 0 Å². The van der Waals surface area contributed by atoms with Crippen LogP contribution in [0.3, 0.4) is 0 Å². The van der Waals surface area contributed by atoms with E-state index in [0.29, 0.717) is 0 Å². The van der Waals surface area contributed by atoms with E-state index in [2.05, 4.69) is 217 Å². The van der Waals surface area contributed by atoms with E-state index < -0.39 is 0 Å². The fraction of sp³-hybridized carbons (Fsp3) is 0. The van der Waals surface area contributed by atoms with Crippen molar-refractivity contribution in [3.05, 3.63) is 212 Å². The number of nitrogens with zero attached hydrogens (tertiary/aromatic N) is 1. The quantitative estimate of drug-likeness (QED) is 0.154. The summed E-state index contributed by atoms with van der Waals surface area (Å²) in [5.41, 5.74) is 10.7. The molecule has 0 bridgehead atoms. The second kappa shape index (κ2) is 13.4. The Bertz CT molecular complexity index is 3240. The third kappa shape index (κ3) is 5.38. The minimum absolute atomic E-state index is 1.10. The molecule has 0 unspecified atom stereocenters. The van der Waals surface area contributed by atoms with Crippen molar-refractivity contribution in [1.29, 1.82) is 0 Å². The van der Waals surface area contributed by atoms with E-state index >= 15 is 0 Å². The normalized spacial score (nSPS) is 11.6. The number of para-hydroxylation sites is 1. The zero-order valence-electron chi connectivity index (χ0n) is 30.6. The lowest BCUT2D eigenvalue weighted by Crippen LogP contribution is -2.11. The Kier molecular flexibility index (Phi) is 7.75. The van der Waals surface area contributed by atoms with Crippen LogP contribution in [0.1, 0.15) is 0 Å². The van der Waals surface area contributed by atoms with Crippen LogP contribution in [0.4, 0.5) is 17.1 Å². The van der Waals surface area contributed by atoms with Gasteiger partial charge in [-0.2, -0.15) is 0 Å².